The minimum Gasteiger partial charge on any atom is -0.349 e. The fourth-order valence-electron chi connectivity index (χ4n) is 3.19. The van der Waals surface area contributed by atoms with E-state index >= 15 is 0 Å². The standard InChI is InChI=1S/C17H20F2N4O.ClH/c1-10(13-4-3-12(18)5-16(13)19)22-17(24)15-8-20-7-14(15)11-6-21-23(2)9-11;/h3-6,9-10,14-15,20H,7-8H2,1-2H3,(H,22,24);1H/t10-,14-,15+;/m1./s1. The molecule has 3 atom stereocenters. The first-order valence-electron chi connectivity index (χ1n) is 7.90. The average Bonchev–Trinajstić information content (AvgIpc) is 3.15. The topological polar surface area (TPSA) is 59.0 Å². The Kier molecular flexibility index (Phi) is 6.13. The predicted molar refractivity (Wildman–Crippen MR) is 92.5 cm³/mol. The Labute approximate surface area is 151 Å². The van der Waals surface area contributed by atoms with Gasteiger partial charge in [0.15, 0.2) is 0 Å². The van der Waals surface area contributed by atoms with Crippen LogP contribution in [0.15, 0.2) is 30.6 Å². The van der Waals surface area contributed by atoms with E-state index in [1.165, 1.54) is 12.1 Å². The highest BCUT2D eigenvalue weighted by atomic mass is 35.5. The van der Waals surface area contributed by atoms with Gasteiger partial charge in [0.2, 0.25) is 5.91 Å². The zero-order valence-corrected chi connectivity index (χ0v) is 14.8. The van der Waals surface area contributed by atoms with E-state index in [-0.39, 0.29) is 35.7 Å². The van der Waals surface area contributed by atoms with Crippen LogP contribution < -0.4 is 10.6 Å². The first kappa shape index (κ1) is 19.3. The summed E-state index contributed by atoms with van der Waals surface area (Å²) in [6.07, 6.45) is 3.67. The van der Waals surface area contributed by atoms with Gasteiger partial charge in [-0.3, -0.25) is 9.48 Å². The third-order valence-electron chi connectivity index (χ3n) is 4.49. The zero-order valence-electron chi connectivity index (χ0n) is 14.0. The maximum atomic E-state index is 13.9. The van der Waals surface area contributed by atoms with Gasteiger partial charge in [0.1, 0.15) is 11.6 Å². The van der Waals surface area contributed by atoms with E-state index in [4.69, 9.17) is 0 Å². The van der Waals surface area contributed by atoms with Crippen LogP contribution in [0.2, 0.25) is 0 Å². The van der Waals surface area contributed by atoms with Crippen molar-refractivity contribution in [1.29, 1.82) is 0 Å². The molecule has 0 spiro atoms. The lowest BCUT2D eigenvalue weighted by molar-refractivity contribution is -0.125. The van der Waals surface area contributed by atoms with Gasteiger partial charge in [-0.15, -0.1) is 12.4 Å². The van der Waals surface area contributed by atoms with Crippen molar-refractivity contribution >= 4 is 18.3 Å². The average molecular weight is 371 g/mol. The molecule has 2 aromatic rings. The number of aromatic nitrogens is 2. The van der Waals surface area contributed by atoms with Crippen molar-refractivity contribution in [3.05, 3.63) is 53.4 Å². The highest BCUT2D eigenvalue weighted by Gasteiger charge is 2.35. The van der Waals surface area contributed by atoms with E-state index in [2.05, 4.69) is 15.7 Å². The molecule has 1 aliphatic rings. The summed E-state index contributed by atoms with van der Waals surface area (Å²) in [6.45, 7) is 2.95. The van der Waals surface area contributed by atoms with Crippen molar-refractivity contribution in [3.8, 4) is 0 Å². The van der Waals surface area contributed by atoms with Crippen molar-refractivity contribution in [2.45, 2.75) is 18.9 Å². The van der Waals surface area contributed by atoms with Crippen LogP contribution in [0.1, 0.15) is 30.0 Å². The largest absolute Gasteiger partial charge is 0.349 e. The second-order valence-corrected chi connectivity index (χ2v) is 6.21. The number of halogens is 3. The summed E-state index contributed by atoms with van der Waals surface area (Å²) in [4.78, 5) is 12.6. The molecule has 8 heteroatoms. The molecular weight excluding hydrogens is 350 g/mol. The Balaban J connectivity index is 0.00000225. The van der Waals surface area contributed by atoms with E-state index in [0.717, 1.165) is 11.6 Å². The second kappa shape index (κ2) is 7.93. The van der Waals surface area contributed by atoms with Gasteiger partial charge < -0.3 is 10.6 Å². The number of hydrogen-bond donors (Lipinski definition) is 2. The molecule has 1 aromatic heterocycles. The molecule has 2 heterocycles. The molecule has 0 saturated carbocycles. The number of rotatable bonds is 4. The van der Waals surface area contributed by atoms with E-state index in [0.29, 0.717) is 13.1 Å². The molecule has 3 rings (SSSR count). The van der Waals surface area contributed by atoms with E-state index in [1.807, 2.05) is 13.2 Å². The maximum absolute atomic E-state index is 13.9. The van der Waals surface area contributed by atoms with Crippen molar-refractivity contribution in [3.63, 3.8) is 0 Å². The number of benzene rings is 1. The summed E-state index contributed by atoms with van der Waals surface area (Å²) in [5.74, 6) is -1.66. The summed E-state index contributed by atoms with van der Waals surface area (Å²) >= 11 is 0. The molecule has 0 radical (unpaired) electrons. The van der Waals surface area contributed by atoms with Crippen LogP contribution in [-0.2, 0) is 11.8 Å². The zero-order chi connectivity index (χ0) is 17.3. The van der Waals surface area contributed by atoms with Crippen molar-refractivity contribution < 1.29 is 13.6 Å². The molecule has 1 aliphatic heterocycles. The van der Waals surface area contributed by atoms with Crippen LogP contribution >= 0.6 is 12.4 Å². The van der Waals surface area contributed by atoms with Crippen LogP contribution in [0.5, 0.6) is 0 Å². The number of amides is 1. The van der Waals surface area contributed by atoms with E-state index in [1.54, 1.807) is 17.8 Å². The van der Waals surface area contributed by atoms with Crippen molar-refractivity contribution in [2.24, 2.45) is 13.0 Å². The van der Waals surface area contributed by atoms with Gasteiger partial charge in [0.05, 0.1) is 18.2 Å². The number of nitrogens with zero attached hydrogens (tertiary/aromatic N) is 2. The van der Waals surface area contributed by atoms with Crippen LogP contribution in [0, 0.1) is 17.6 Å². The Morgan fingerprint density at radius 2 is 2.16 bits per heavy atom. The first-order valence-corrected chi connectivity index (χ1v) is 7.90. The monoisotopic (exact) mass is 370 g/mol. The Hall–Kier alpha value is -1.99. The van der Waals surface area contributed by atoms with Crippen LogP contribution in [0.3, 0.4) is 0 Å². The number of carbonyl (C=O) groups is 1. The third kappa shape index (κ3) is 4.16. The molecule has 1 amide bonds. The van der Waals surface area contributed by atoms with Gasteiger partial charge in [-0.1, -0.05) is 6.07 Å². The minimum atomic E-state index is -0.656. The van der Waals surface area contributed by atoms with Gasteiger partial charge >= 0.3 is 0 Å². The molecule has 2 N–H and O–H groups in total. The molecule has 5 nitrogen and oxygen atoms in total. The minimum absolute atomic E-state index is 0. The van der Waals surface area contributed by atoms with Gasteiger partial charge in [-0.25, -0.2) is 8.78 Å². The molecule has 25 heavy (non-hydrogen) atoms. The number of hydrogen-bond acceptors (Lipinski definition) is 3. The van der Waals surface area contributed by atoms with Crippen LogP contribution in [0.25, 0.3) is 0 Å². The molecule has 0 aliphatic carbocycles. The predicted octanol–water partition coefficient (Wildman–Crippen LogP) is 2.30. The molecule has 136 valence electrons. The Morgan fingerprint density at radius 1 is 1.40 bits per heavy atom. The van der Waals surface area contributed by atoms with E-state index < -0.39 is 17.7 Å². The van der Waals surface area contributed by atoms with Crippen LogP contribution in [-0.4, -0.2) is 28.8 Å². The lowest BCUT2D eigenvalue weighted by Gasteiger charge is -2.21. The highest BCUT2D eigenvalue weighted by molar-refractivity contribution is 5.85. The van der Waals surface area contributed by atoms with Crippen LogP contribution in [0.4, 0.5) is 8.78 Å². The van der Waals surface area contributed by atoms with Gasteiger partial charge in [0, 0.05) is 43.9 Å². The quantitative estimate of drug-likeness (QED) is 0.868. The van der Waals surface area contributed by atoms with Gasteiger partial charge in [-0.05, 0) is 18.6 Å². The fourth-order valence-corrected chi connectivity index (χ4v) is 3.19. The summed E-state index contributed by atoms with van der Waals surface area (Å²) in [5, 5.41) is 10.2. The normalized spacial score (nSPS) is 20.8. The van der Waals surface area contributed by atoms with Crippen molar-refractivity contribution in [1.82, 2.24) is 20.4 Å². The molecule has 1 aromatic carbocycles. The third-order valence-corrected chi connectivity index (χ3v) is 4.49. The molecular formula is C17H21ClF2N4O. The lowest BCUT2D eigenvalue weighted by atomic mass is 9.90. The molecule has 0 unspecified atom stereocenters. The van der Waals surface area contributed by atoms with Gasteiger partial charge in [-0.2, -0.15) is 5.10 Å². The molecule has 0 bridgehead atoms. The highest BCUT2D eigenvalue weighted by Crippen LogP contribution is 2.29. The fraction of sp³-hybridized carbons (Fsp3) is 0.412. The number of nitrogens with one attached hydrogen (secondary N) is 2. The van der Waals surface area contributed by atoms with E-state index in [9.17, 15) is 13.6 Å². The van der Waals surface area contributed by atoms with Crippen molar-refractivity contribution in [2.75, 3.05) is 13.1 Å². The summed E-state index contributed by atoms with van der Waals surface area (Å²) in [6, 6.07) is 2.85. The Bertz CT molecular complexity index is 752. The first-order chi connectivity index (χ1) is 11.5. The second-order valence-electron chi connectivity index (χ2n) is 6.21. The summed E-state index contributed by atoms with van der Waals surface area (Å²) in [7, 11) is 1.83. The van der Waals surface area contributed by atoms with Gasteiger partial charge in [0.25, 0.3) is 0 Å². The smallest absolute Gasteiger partial charge is 0.225 e. The molecule has 1 fully saturated rings. The summed E-state index contributed by atoms with van der Waals surface area (Å²) in [5.41, 5.74) is 1.27. The molecule has 1 saturated heterocycles. The number of aryl methyl sites for hydroxylation is 1. The SMILES string of the molecule is C[C@@H](NC(=O)[C@H]1CNC[C@@H]1c1cnn(C)c1)c1ccc(F)cc1F.Cl. The number of carbonyl (C=O) groups excluding carboxylic acids is 1. The Morgan fingerprint density at radius 3 is 2.80 bits per heavy atom. The summed E-state index contributed by atoms with van der Waals surface area (Å²) < 4.78 is 28.6. The maximum Gasteiger partial charge on any atom is 0.225 e. The lowest BCUT2D eigenvalue weighted by Crippen LogP contribution is -2.36.